The molecule has 1 atom stereocenters. The molecule has 0 radical (unpaired) electrons. The molecule has 1 unspecified atom stereocenters. The zero-order valence-corrected chi connectivity index (χ0v) is 14.5. The quantitative estimate of drug-likeness (QED) is 0.897. The minimum atomic E-state index is -0.227. The van der Waals surface area contributed by atoms with Gasteiger partial charge in [-0.1, -0.05) is 5.16 Å². The fraction of sp³-hybridized carbons (Fsp3) is 0.444. The van der Waals surface area contributed by atoms with Gasteiger partial charge in [-0.25, -0.2) is 4.39 Å². The van der Waals surface area contributed by atoms with Gasteiger partial charge in [-0.05, 0) is 38.1 Å². The van der Waals surface area contributed by atoms with E-state index in [4.69, 9.17) is 4.52 Å². The van der Waals surface area contributed by atoms with E-state index in [9.17, 15) is 9.18 Å². The molecule has 1 aromatic heterocycles. The molecule has 1 amide bonds. The van der Waals surface area contributed by atoms with Gasteiger partial charge in [-0.15, -0.1) is 0 Å². The largest absolute Gasteiger partial charge is 0.369 e. The number of piperazine rings is 1. The number of benzene rings is 1. The predicted octanol–water partition coefficient (Wildman–Crippen LogP) is 1.95. The van der Waals surface area contributed by atoms with E-state index in [2.05, 4.69) is 20.3 Å². The number of hydrogen-bond donors (Lipinski definition) is 1. The van der Waals surface area contributed by atoms with Crippen molar-refractivity contribution < 1.29 is 13.7 Å². The van der Waals surface area contributed by atoms with Crippen LogP contribution in [0.5, 0.6) is 0 Å². The summed E-state index contributed by atoms with van der Waals surface area (Å²) in [5.74, 6) is 0.486. The topological polar surface area (TPSA) is 61.6 Å². The van der Waals surface area contributed by atoms with Gasteiger partial charge in [0.2, 0.25) is 5.91 Å². The van der Waals surface area contributed by atoms with Crippen LogP contribution in [-0.4, -0.2) is 48.2 Å². The van der Waals surface area contributed by atoms with Gasteiger partial charge in [0.1, 0.15) is 17.3 Å². The summed E-state index contributed by atoms with van der Waals surface area (Å²) >= 11 is 0. The molecular formula is C18H23FN4O2. The third-order valence-electron chi connectivity index (χ3n) is 4.55. The van der Waals surface area contributed by atoms with Crippen LogP contribution in [-0.2, 0) is 11.3 Å². The van der Waals surface area contributed by atoms with Gasteiger partial charge in [0.05, 0.1) is 12.6 Å². The van der Waals surface area contributed by atoms with Gasteiger partial charge in [-0.3, -0.25) is 9.69 Å². The van der Waals surface area contributed by atoms with Crippen LogP contribution in [0.3, 0.4) is 0 Å². The Balaban J connectivity index is 1.48. The molecular weight excluding hydrogens is 323 g/mol. The van der Waals surface area contributed by atoms with Crippen molar-refractivity contribution in [3.63, 3.8) is 0 Å². The number of carbonyl (C=O) groups excluding carboxylic acids is 1. The molecule has 3 rings (SSSR count). The Kier molecular flexibility index (Phi) is 5.33. The highest BCUT2D eigenvalue weighted by molar-refractivity contribution is 5.81. The summed E-state index contributed by atoms with van der Waals surface area (Å²) in [5.41, 5.74) is 1.73. The summed E-state index contributed by atoms with van der Waals surface area (Å²) in [4.78, 5) is 16.7. The zero-order valence-electron chi connectivity index (χ0n) is 14.5. The van der Waals surface area contributed by atoms with E-state index in [0.29, 0.717) is 6.54 Å². The summed E-state index contributed by atoms with van der Waals surface area (Å²) in [5, 5.41) is 6.77. The molecule has 1 saturated heterocycles. The molecule has 1 aliphatic heterocycles. The molecule has 1 fully saturated rings. The van der Waals surface area contributed by atoms with Crippen molar-refractivity contribution >= 4 is 11.6 Å². The maximum absolute atomic E-state index is 13.0. The molecule has 1 N–H and O–H groups in total. The Labute approximate surface area is 146 Å². The molecule has 2 aromatic rings. The molecule has 0 spiro atoms. The minimum Gasteiger partial charge on any atom is -0.369 e. The number of carbonyl (C=O) groups is 1. The van der Waals surface area contributed by atoms with Crippen LogP contribution in [0.4, 0.5) is 10.1 Å². The molecule has 6 nitrogen and oxygen atoms in total. The number of halogens is 1. The van der Waals surface area contributed by atoms with Crippen molar-refractivity contribution in [2.45, 2.75) is 26.4 Å². The van der Waals surface area contributed by atoms with Crippen molar-refractivity contribution in [1.29, 1.82) is 0 Å². The summed E-state index contributed by atoms with van der Waals surface area (Å²) < 4.78 is 18.0. The molecule has 0 aliphatic carbocycles. The van der Waals surface area contributed by atoms with E-state index in [1.165, 1.54) is 12.1 Å². The summed E-state index contributed by atoms with van der Waals surface area (Å²) in [6.45, 7) is 7.30. The second-order valence-corrected chi connectivity index (χ2v) is 6.32. The SMILES string of the molecule is Cc1cc(CNC(=O)C(C)N2CCN(c3ccc(F)cc3)CC2)no1. The smallest absolute Gasteiger partial charge is 0.237 e. The normalized spacial score (nSPS) is 16.7. The number of aryl methyl sites for hydroxylation is 1. The lowest BCUT2D eigenvalue weighted by Crippen LogP contribution is -2.53. The summed E-state index contributed by atoms with van der Waals surface area (Å²) in [6.07, 6.45) is 0. The number of anilines is 1. The number of aromatic nitrogens is 1. The fourth-order valence-electron chi connectivity index (χ4n) is 3.01. The van der Waals surface area contributed by atoms with E-state index in [0.717, 1.165) is 43.3 Å². The molecule has 1 aromatic carbocycles. The van der Waals surface area contributed by atoms with Crippen LogP contribution >= 0.6 is 0 Å². The third-order valence-corrected chi connectivity index (χ3v) is 4.55. The number of hydrogen-bond acceptors (Lipinski definition) is 5. The molecule has 0 bridgehead atoms. The van der Waals surface area contributed by atoms with Gasteiger partial charge in [0.25, 0.3) is 0 Å². The van der Waals surface area contributed by atoms with E-state index < -0.39 is 0 Å². The standard InChI is InChI=1S/C18H23FN4O2/c1-13-11-16(21-25-13)12-20-18(24)14(2)22-7-9-23(10-8-22)17-5-3-15(19)4-6-17/h3-6,11,14H,7-10,12H2,1-2H3,(H,20,24). The van der Waals surface area contributed by atoms with Gasteiger partial charge in [0, 0.05) is 37.9 Å². The third kappa shape index (κ3) is 4.36. The predicted molar refractivity (Wildman–Crippen MR) is 92.7 cm³/mol. The lowest BCUT2D eigenvalue weighted by atomic mass is 10.2. The van der Waals surface area contributed by atoms with Crippen molar-refractivity contribution in [2.24, 2.45) is 0 Å². The fourth-order valence-corrected chi connectivity index (χ4v) is 3.01. The highest BCUT2D eigenvalue weighted by atomic mass is 19.1. The first kappa shape index (κ1) is 17.4. The molecule has 25 heavy (non-hydrogen) atoms. The van der Waals surface area contributed by atoms with Gasteiger partial charge < -0.3 is 14.7 Å². The summed E-state index contributed by atoms with van der Waals surface area (Å²) in [6, 6.07) is 8.14. The highest BCUT2D eigenvalue weighted by Gasteiger charge is 2.25. The van der Waals surface area contributed by atoms with Crippen LogP contribution in [0.15, 0.2) is 34.9 Å². The van der Waals surface area contributed by atoms with Crippen LogP contribution < -0.4 is 10.2 Å². The first-order valence-corrected chi connectivity index (χ1v) is 8.47. The average molecular weight is 346 g/mol. The van der Waals surface area contributed by atoms with E-state index >= 15 is 0 Å². The van der Waals surface area contributed by atoms with Crippen LogP contribution in [0.2, 0.25) is 0 Å². The van der Waals surface area contributed by atoms with Crippen molar-refractivity contribution in [3.8, 4) is 0 Å². The maximum Gasteiger partial charge on any atom is 0.237 e. The lowest BCUT2D eigenvalue weighted by molar-refractivity contribution is -0.126. The Bertz CT molecular complexity index is 708. The van der Waals surface area contributed by atoms with Crippen LogP contribution in [0.1, 0.15) is 18.4 Å². The highest BCUT2D eigenvalue weighted by Crippen LogP contribution is 2.17. The monoisotopic (exact) mass is 346 g/mol. The maximum atomic E-state index is 13.0. The van der Waals surface area contributed by atoms with E-state index in [1.54, 1.807) is 12.1 Å². The minimum absolute atomic E-state index is 0.0177. The number of rotatable bonds is 5. The van der Waals surface area contributed by atoms with Crippen molar-refractivity contribution in [1.82, 2.24) is 15.4 Å². The second kappa shape index (κ2) is 7.65. The molecule has 1 aliphatic rings. The molecule has 2 heterocycles. The van der Waals surface area contributed by atoms with E-state index in [1.807, 2.05) is 19.9 Å². The zero-order chi connectivity index (χ0) is 17.8. The number of amides is 1. The van der Waals surface area contributed by atoms with Crippen LogP contribution in [0.25, 0.3) is 0 Å². The van der Waals surface area contributed by atoms with Gasteiger partial charge >= 0.3 is 0 Å². The first-order valence-electron chi connectivity index (χ1n) is 8.47. The lowest BCUT2D eigenvalue weighted by Gasteiger charge is -2.38. The molecule has 7 heteroatoms. The Morgan fingerprint density at radius 1 is 1.28 bits per heavy atom. The Morgan fingerprint density at radius 3 is 2.56 bits per heavy atom. The van der Waals surface area contributed by atoms with Crippen LogP contribution in [0, 0.1) is 12.7 Å². The molecule has 0 saturated carbocycles. The van der Waals surface area contributed by atoms with Gasteiger partial charge in [-0.2, -0.15) is 0 Å². The second-order valence-electron chi connectivity index (χ2n) is 6.32. The van der Waals surface area contributed by atoms with Crippen molar-refractivity contribution in [3.05, 3.63) is 47.6 Å². The Morgan fingerprint density at radius 2 is 1.96 bits per heavy atom. The molecule has 134 valence electrons. The number of nitrogens with zero attached hydrogens (tertiary/aromatic N) is 3. The number of nitrogens with one attached hydrogen (secondary N) is 1. The first-order chi connectivity index (χ1) is 12.0. The van der Waals surface area contributed by atoms with E-state index in [-0.39, 0.29) is 17.8 Å². The van der Waals surface area contributed by atoms with Crippen molar-refractivity contribution in [2.75, 3.05) is 31.1 Å². The Hall–Kier alpha value is -2.41. The summed E-state index contributed by atoms with van der Waals surface area (Å²) in [7, 11) is 0. The van der Waals surface area contributed by atoms with Gasteiger partial charge in [0.15, 0.2) is 0 Å². The average Bonchev–Trinajstić information content (AvgIpc) is 3.05.